The van der Waals surface area contributed by atoms with Crippen LogP contribution in [0.4, 0.5) is 0 Å². The molecule has 0 unspecified atom stereocenters. The van der Waals surface area contributed by atoms with E-state index in [1.165, 1.54) is 22.3 Å². The lowest BCUT2D eigenvalue weighted by molar-refractivity contribution is 1.25. The topological polar surface area (TPSA) is 32.9 Å². The Labute approximate surface area is 104 Å². The van der Waals surface area contributed by atoms with Gasteiger partial charge in [-0.15, -0.1) is 0 Å². The fourth-order valence-corrected chi connectivity index (χ4v) is 2.79. The number of fused-ring (bicyclic) bond motifs is 4. The molecule has 0 atom stereocenters. The number of aromatic amines is 1. The molecule has 0 saturated heterocycles. The van der Waals surface area contributed by atoms with Crippen LogP contribution in [0.5, 0.6) is 0 Å². The number of hydrogen-bond donors (Lipinski definition) is 1. The Bertz CT molecular complexity index is 830. The van der Waals surface area contributed by atoms with Crippen LogP contribution < -0.4 is 5.56 Å². The Morgan fingerprint density at radius 3 is 2.72 bits per heavy atom. The van der Waals surface area contributed by atoms with Gasteiger partial charge in [0, 0.05) is 11.6 Å². The van der Waals surface area contributed by atoms with Crippen molar-refractivity contribution in [2.45, 2.75) is 6.42 Å². The Kier molecular flexibility index (Phi) is 1.78. The molecule has 18 heavy (non-hydrogen) atoms. The average molecular weight is 233 g/mol. The second-order valence-electron chi connectivity index (χ2n) is 4.75. The van der Waals surface area contributed by atoms with E-state index in [4.69, 9.17) is 0 Å². The van der Waals surface area contributed by atoms with Crippen molar-refractivity contribution in [3.63, 3.8) is 0 Å². The molecule has 0 radical (unpaired) electrons. The molecule has 0 saturated carbocycles. The maximum atomic E-state index is 11.3. The monoisotopic (exact) mass is 233 g/mol. The van der Waals surface area contributed by atoms with Crippen molar-refractivity contribution in [1.29, 1.82) is 0 Å². The summed E-state index contributed by atoms with van der Waals surface area (Å²) in [4.78, 5) is 14.2. The predicted octanol–water partition coefficient (Wildman–Crippen LogP) is 3.10. The van der Waals surface area contributed by atoms with Gasteiger partial charge in [-0.3, -0.25) is 4.79 Å². The van der Waals surface area contributed by atoms with Crippen LogP contribution in [0.1, 0.15) is 11.1 Å². The number of aromatic nitrogens is 1. The van der Waals surface area contributed by atoms with Gasteiger partial charge in [-0.1, -0.05) is 24.3 Å². The first-order chi connectivity index (χ1) is 8.81. The number of H-pyrrole nitrogens is 1. The van der Waals surface area contributed by atoms with E-state index >= 15 is 0 Å². The van der Waals surface area contributed by atoms with E-state index in [-0.39, 0.29) is 5.56 Å². The number of hydrogen-bond acceptors (Lipinski definition) is 1. The summed E-state index contributed by atoms with van der Waals surface area (Å²) in [6, 6.07) is 16.2. The Hall–Kier alpha value is -2.35. The van der Waals surface area contributed by atoms with Gasteiger partial charge in [0.25, 0.3) is 0 Å². The molecule has 1 aromatic heterocycles. The van der Waals surface area contributed by atoms with Crippen molar-refractivity contribution >= 4 is 10.9 Å². The van der Waals surface area contributed by atoms with Gasteiger partial charge in [-0.2, -0.15) is 0 Å². The lowest BCUT2D eigenvalue weighted by atomic mass is 10.0. The molecule has 2 aromatic carbocycles. The van der Waals surface area contributed by atoms with Crippen molar-refractivity contribution in [1.82, 2.24) is 4.98 Å². The highest BCUT2D eigenvalue weighted by molar-refractivity contribution is 5.89. The molecular weight excluding hydrogens is 222 g/mol. The number of pyridine rings is 1. The molecule has 1 aliphatic carbocycles. The number of nitrogens with one attached hydrogen (secondary N) is 1. The maximum Gasteiger partial charge on any atom is 0.248 e. The lowest BCUT2D eigenvalue weighted by Crippen LogP contribution is -2.02. The minimum absolute atomic E-state index is 0.0436. The highest BCUT2D eigenvalue weighted by atomic mass is 16.1. The summed E-state index contributed by atoms with van der Waals surface area (Å²) in [5.74, 6) is 0. The van der Waals surface area contributed by atoms with E-state index in [2.05, 4.69) is 41.4 Å². The smallest absolute Gasteiger partial charge is 0.248 e. The molecule has 2 heteroatoms. The van der Waals surface area contributed by atoms with Crippen molar-refractivity contribution in [3.05, 3.63) is 70.0 Å². The van der Waals surface area contributed by atoms with E-state index in [1.54, 1.807) is 6.07 Å². The molecule has 3 aromatic rings. The number of rotatable bonds is 0. The van der Waals surface area contributed by atoms with Gasteiger partial charge in [-0.25, -0.2) is 0 Å². The summed E-state index contributed by atoms with van der Waals surface area (Å²) in [7, 11) is 0. The molecule has 1 aliphatic rings. The predicted molar refractivity (Wildman–Crippen MR) is 72.8 cm³/mol. The molecule has 4 rings (SSSR count). The summed E-state index contributed by atoms with van der Waals surface area (Å²) in [6.07, 6.45) is 0.957. The second-order valence-corrected chi connectivity index (χ2v) is 4.75. The first kappa shape index (κ1) is 9.66. The van der Waals surface area contributed by atoms with Crippen molar-refractivity contribution in [3.8, 4) is 11.1 Å². The third-order valence-electron chi connectivity index (χ3n) is 3.64. The first-order valence-corrected chi connectivity index (χ1v) is 6.05. The maximum absolute atomic E-state index is 11.3. The summed E-state index contributed by atoms with van der Waals surface area (Å²) < 4.78 is 0. The molecular formula is C16H11NO. The SMILES string of the molecule is O=c1ccc2cc3c(cc2[nH]1)Cc1ccccc1-3. The largest absolute Gasteiger partial charge is 0.322 e. The Morgan fingerprint density at radius 2 is 1.78 bits per heavy atom. The summed E-state index contributed by atoms with van der Waals surface area (Å²) in [5, 5.41) is 1.09. The Morgan fingerprint density at radius 1 is 0.889 bits per heavy atom. The minimum atomic E-state index is -0.0436. The van der Waals surface area contributed by atoms with E-state index < -0.39 is 0 Å². The summed E-state index contributed by atoms with van der Waals surface area (Å²) in [6.45, 7) is 0. The zero-order valence-corrected chi connectivity index (χ0v) is 9.73. The van der Waals surface area contributed by atoms with E-state index in [1.807, 2.05) is 6.07 Å². The van der Waals surface area contributed by atoms with Gasteiger partial charge in [-0.05, 0) is 52.3 Å². The lowest BCUT2D eigenvalue weighted by Gasteiger charge is -2.03. The van der Waals surface area contributed by atoms with Gasteiger partial charge < -0.3 is 4.98 Å². The summed E-state index contributed by atoms with van der Waals surface area (Å²) >= 11 is 0. The molecule has 0 spiro atoms. The third kappa shape index (κ3) is 1.26. The van der Waals surface area contributed by atoms with Gasteiger partial charge in [0.1, 0.15) is 0 Å². The summed E-state index contributed by atoms with van der Waals surface area (Å²) in [5.41, 5.74) is 6.16. The fraction of sp³-hybridized carbons (Fsp3) is 0.0625. The van der Waals surface area contributed by atoms with Crippen LogP contribution in [0.15, 0.2) is 53.3 Å². The zero-order chi connectivity index (χ0) is 12.1. The van der Waals surface area contributed by atoms with Gasteiger partial charge in [0.2, 0.25) is 5.56 Å². The van der Waals surface area contributed by atoms with E-state index in [0.717, 1.165) is 17.3 Å². The second kappa shape index (κ2) is 3.33. The minimum Gasteiger partial charge on any atom is -0.322 e. The van der Waals surface area contributed by atoms with Gasteiger partial charge in [0.05, 0.1) is 0 Å². The standard InChI is InChI=1S/C16H11NO/c18-16-6-5-11-8-14-12(9-15(11)17-16)7-10-3-1-2-4-13(10)14/h1-6,8-9H,7H2,(H,17,18). The van der Waals surface area contributed by atoms with Crippen LogP contribution in [-0.2, 0) is 6.42 Å². The molecule has 2 nitrogen and oxygen atoms in total. The quantitative estimate of drug-likeness (QED) is 0.497. The van der Waals surface area contributed by atoms with E-state index in [0.29, 0.717) is 0 Å². The molecule has 0 aliphatic heterocycles. The molecule has 0 amide bonds. The molecule has 86 valence electrons. The Balaban J connectivity index is 2.07. The average Bonchev–Trinajstić information content (AvgIpc) is 2.73. The first-order valence-electron chi connectivity index (χ1n) is 6.05. The van der Waals surface area contributed by atoms with Crippen LogP contribution in [0.2, 0.25) is 0 Å². The molecule has 1 heterocycles. The van der Waals surface area contributed by atoms with Crippen LogP contribution in [-0.4, -0.2) is 4.98 Å². The van der Waals surface area contributed by atoms with Gasteiger partial charge in [0.15, 0.2) is 0 Å². The molecule has 0 bridgehead atoms. The van der Waals surface area contributed by atoms with E-state index in [9.17, 15) is 4.79 Å². The zero-order valence-electron chi connectivity index (χ0n) is 9.73. The molecule has 1 N–H and O–H groups in total. The van der Waals surface area contributed by atoms with Crippen molar-refractivity contribution in [2.24, 2.45) is 0 Å². The highest BCUT2D eigenvalue weighted by Gasteiger charge is 2.18. The van der Waals surface area contributed by atoms with Crippen LogP contribution in [0, 0.1) is 0 Å². The normalized spacial score (nSPS) is 12.4. The van der Waals surface area contributed by atoms with Crippen molar-refractivity contribution < 1.29 is 0 Å². The van der Waals surface area contributed by atoms with Crippen molar-refractivity contribution in [2.75, 3.05) is 0 Å². The number of benzene rings is 2. The van der Waals surface area contributed by atoms with Crippen LogP contribution in [0.25, 0.3) is 22.0 Å². The highest BCUT2D eigenvalue weighted by Crippen LogP contribution is 2.37. The molecule has 0 fully saturated rings. The van der Waals surface area contributed by atoms with Gasteiger partial charge >= 0.3 is 0 Å². The fourth-order valence-electron chi connectivity index (χ4n) is 2.79. The van der Waals surface area contributed by atoms with Crippen LogP contribution in [0.3, 0.4) is 0 Å². The van der Waals surface area contributed by atoms with Crippen LogP contribution >= 0.6 is 0 Å². The third-order valence-corrected chi connectivity index (χ3v) is 3.64.